The third kappa shape index (κ3) is 2.85. The van der Waals surface area contributed by atoms with Gasteiger partial charge in [-0.15, -0.1) is 11.3 Å². The number of nitrogens with zero attached hydrogens (tertiary/aromatic N) is 3. The van der Waals surface area contributed by atoms with E-state index in [-0.39, 0.29) is 0 Å². The number of hydrogen-bond donors (Lipinski definition) is 1. The van der Waals surface area contributed by atoms with Gasteiger partial charge in [-0.25, -0.2) is 4.98 Å². The zero-order valence-corrected chi connectivity index (χ0v) is 12.7. The molecule has 1 N–H and O–H groups in total. The molecule has 20 heavy (non-hydrogen) atoms. The number of aromatic nitrogens is 3. The molecule has 0 spiro atoms. The predicted octanol–water partition coefficient (Wildman–Crippen LogP) is 3.02. The highest BCUT2D eigenvalue weighted by Crippen LogP contribution is 2.34. The molecule has 3 rings (SSSR count). The minimum absolute atomic E-state index is 0.783. The molecule has 0 unspecified atom stereocenters. The van der Waals surface area contributed by atoms with Gasteiger partial charge in [0.15, 0.2) is 5.82 Å². The summed E-state index contributed by atoms with van der Waals surface area (Å²) in [5.41, 5.74) is 0. The van der Waals surface area contributed by atoms with E-state index < -0.39 is 0 Å². The Morgan fingerprint density at radius 1 is 1.35 bits per heavy atom. The topological polar surface area (TPSA) is 42.7 Å². The minimum Gasteiger partial charge on any atom is -0.311 e. The Bertz CT molecular complexity index is 719. The first-order chi connectivity index (χ1) is 9.74. The molecule has 6 heteroatoms. The summed E-state index contributed by atoms with van der Waals surface area (Å²) < 4.78 is 2.96. The van der Waals surface area contributed by atoms with Gasteiger partial charge in [0, 0.05) is 41.5 Å². The lowest BCUT2D eigenvalue weighted by Gasteiger charge is -2.01. The highest BCUT2D eigenvalue weighted by Gasteiger charge is 2.09. The van der Waals surface area contributed by atoms with Crippen LogP contribution in [0.5, 0.6) is 0 Å². The molecule has 0 atom stereocenters. The third-order valence-corrected chi connectivity index (χ3v) is 4.77. The van der Waals surface area contributed by atoms with Crippen molar-refractivity contribution in [2.45, 2.75) is 13.0 Å². The van der Waals surface area contributed by atoms with E-state index in [2.05, 4.69) is 27.5 Å². The van der Waals surface area contributed by atoms with Gasteiger partial charge in [-0.3, -0.25) is 4.68 Å². The zero-order chi connectivity index (χ0) is 13.9. The molecule has 1 aromatic carbocycles. The minimum atomic E-state index is 0.783. The van der Waals surface area contributed by atoms with E-state index in [1.54, 1.807) is 22.3 Å². The molecule has 0 aliphatic carbocycles. The standard InChI is InChI=1S/C14H15ClN4S/c1-19-9-17-13(18-19)6-7-16-8-12-14(15)10-4-2-3-5-11(10)20-12/h2-5,9,16H,6-8H2,1H3. The summed E-state index contributed by atoms with van der Waals surface area (Å²) in [6, 6.07) is 8.23. The maximum Gasteiger partial charge on any atom is 0.151 e. The lowest BCUT2D eigenvalue weighted by molar-refractivity contribution is 0.666. The van der Waals surface area contributed by atoms with Crippen LogP contribution in [0.2, 0.25) is 5.02 Å². The second-order valence-electron chi connectivity index (χ2n) is 4.60. The molecule has 0 aliphatic rings. The molecule has 0 amide bonds. The van der Waals surface area contributed by atoms with Crippen molar-refractivity contribution < 1.29 is 0 Å². The molecule has 0 bridgehead atoms. The van der Waals surface area contributed by atoms with E-state index in [4.69, 9.17) is 11.6 Å². The SMILES string of the molecule is Cn1cnc(CCNCc2sc3ccccc3c2Cl)n1. The Labute approximate surface area is 126 Å². The van der Waals surface area contributed by atoms with Crippen molar-refractivity contribution in [2.75, 3.05) is 6.54 Å². The fourth-order valence-corrected chi connectivity index (χ4v) is 3.55. The highest BCUT2D eigenvalue weighted by molar-refractivity contribution is 7.19. The van der Waals surface area contributed by atoms with Gasteiger partial charge in [0.1, 0.15) is 6.33 Å². The van der Waals surface area contributed by atoms with E-state index in [1.165, 1.54) is 9.58 Å². The van der Waals surface area contributed by atoms with Gasteiger partial charge in [0.05, 0.1) is 5.02 Å². The lowest BCUT2D eigenvalue weighted by atomic mass is 10.2. The summed E-state index contributed by atoms with van der Waals surface area (Å²) in [4.78, 5) is 5.38. The molecular formula is C14H15ClN4S. The molecule has 104 valence electrons. The van der Waals surface area contributed by atoms with Gasteiger partial charge in [0.25, 0.3) is 0 Å². The highest BCUT2D eigenvalue weighted by atomic mass is 35.5. The normalized spacial score (nSPS) is 11.3. The number of hydrogen-bond acceptors (Lipinski definition) is 4. The average Bonchev–Trinajstić information content (AvgIpc) is 3.00. The summed E-state index contributed by atoms with van der Waals surface area (Å²) in [5, 5.41) is 9.66. The maximum absolute atomic E-state index is 6.40. The number of fused-ring (bicyclic) bond motifs is 1. The van der Waals surface area contributed by atoms with E-state index >= 15 is 0 Å². The Hall–Kier alpha value is -1.43. The predicted molar refractivity (Wildman–Crippen MR) is 83.2 cm³/mol. The Morgan fingerprint density at radius 3 is 2.95 bits per heavy atom. The number of rotatable bonds is 5. The summed E-state index contributed by atoms with van der Waals surface area (Å²) >= 11 is 8.14. The monoisotopic (exact) mass is 306 g/mol. The second-order valence-corrected chi connectivity index (χ2v) is 6.11. The van der Waals surface area contributed by atoms with Crippen LogP contribution >= 0.6 is 22.9 Å². The van der Waals surface area contributed by atoms with Crippen LogP contribution < -0.4 is 5.32 Å². The van der Waals surface area contributed by atoms with Crippen molar-refractivity contribution in [3.8, 4) is 0 Å². The summed E-state index contributed by atoms with van der Waals surface area (Å²) in [5.74, 6) is 0.863. The van der Waals surface area contributed by atoms with Gasteiger partial charge in [-0.2, -0.15) is 5.10 Å². The van der Waals surface area contributed by atoms with Crippen molar-refractivity contribution in [1.29, 1.82) is 0 Å². The molecule has 2 aromatic heterocycles. The fraction of sp³-hybridized carbons (Fsp3) is 0.286. The molecule has 0 saturated heterocycles. The number of nitrogens with one attached hydrogen (secondary N) is 1. The van der Waals surface area contributed by atoms with E-state index in [1.807, 2.05) is 19.2 Å². The summed E-state index contributed by atoms with van der Waals surface area (Å²) in [7, 11) is 1.88. The molecule has 4 nitrogen and oxygen atoms in total. The van der Waals surface area contributed by atoms with E-state index in [9.17, 15) is 0 Å². The van der Waals surface area contributed by atoms with Crippen LogP contribution in [-0.2, 0) is 20.0 Å². The van der Waals surface area contributed by atoms with Crippen LogP contribution in [0.4, 0.5) is 0 Å². The van der Waals surface area contributed by atoms with Crippen molar-refractivity contribution in [3.05, 3.63) is 46.3 Å². The van der Waals surface area contributed by atoms with Crippen LogP contribution in [0, 0.1) is 0 Å². The average molecular weight is 307 g/mol. The van der Waals surface area contributed by atoms with Crippen LogP contribution in [0.15, 0.2) is 30.6 Å². The van der Waals surface area contributed by atoms with Crippen LogP contribution in [0.3, 0.4) is 0 Å². The lowest BCUT2D eigenvalue weighted by Crippen LogP contribution is -2.16. The zero-order valence-electron chi connectivity index (χ0n) is 11.1. The Balaban J connectivity index is 1.58. The van der Waals surface area contributed by atoms with Crippen LogP contribution in [-0.4, -0.2) is 21.3 Å². The van der Waals surface area contributed by atoms with Crippen molar-refractivity contribution in [2.24, 2.45) is 7.05 Å². The molecule has 0 saturated carbocycles. The number of benzene rings is 1. The number of thiophene rings is 1. The molecular weight excluding hydrogens is 292 g/mol. The summed E-state index contributed by atoms with van der Waals surface area (Å²) in [6.45, 7) is 1.62. The van der Waals surface area contributed by atoms with Gasteiger partial charge in [0.2, 0.25) is 0 Å². The first-order valence-electron chi connectivity index (χ1n) is 6.45. The maximum atomic E-state index is 6.40. The molecule has 3 aromatic rings. The summed E-state index contributed by atoms with van der Waals surface area (Å²) in [6.07, 6.45) is 2.54. The van der Waals surface area contributed by atoms with Crippen molar-refractivity contribution in [1.82, 2.24) is 20.1 Å². The van der Waals surface area contributed by atoms with E-state index in [0.717, 1.165) is 35.7 Å². The largest absolute Gasteiger partial charge is 0.311 e. The fourth-order valence-electron chi connectivity index (χ4n) is 2.08. The van der Waals surface area contributed by atoms with Gasteiger partial charge >= 0.3 is 0 Å². The van der Waals surface area contributed by atoms with Gasteiger partial charge in [-0.05, 0) is 6.07 Å². The molecule has 0 fully saturated rings. The van der Waals surface area contributed by atoms with Crippen LogP contribution in [0.25, 0.3) is 10.1 Å². The third-order valence-electron chi connectivity index (χ3n) is 3.06. The number of aryl methyl sites for hydroxylation is 1. The Kier molecular flexibility index (Phi) is 4.00. The quantitative estimate of drug-likeness (QED) is 0.737. The van der Waals surface area contributed by atoms with Crippen LogP contribution in [0.1, 0.15) is 10.7 Å². The first kappa shape index (κ1) is 13.5. The van der Waals surface area contributed by atoms with Crippen molar-refractivity contribution >= 4 is 33.0 Å². The number of halogens is 1. The molecule has 0 aliphatic heterocycles. The van der Waals surface area contributed by atoms with Gasteiger partial charge < -0.3 is 5.32 Å². The molecule has 2 heterocycles. The second kappa shape index (κ2) is 5.91. The van der Waals surface area contributed by atoms with Crippen molar-refractivity contribution in [3.63, 3.8) is 0 Å². The van der Waals surface area contributed by atoms with Gasteiger partial charge in [-0.1, -0.05) is 29.8 Å². The van der Waals surface area contributed by atoms with E-state index in [0.29, 0.717) is 0 Å². The Morgan fingerprint density at radius 2 is 2.20 bits per heavy atom. The first-order valence-corrected chi connectivity index (χ1v) is 7.64. The smallest absolute Gasteiger partial charge is 0.151 e. The molecule has 0 radical (unpaired) electrons.